The Balaban J connectivity index is 1.11. The Hall–Kier alpha value is -3.17. The number of benzene rings is 2. The van der Waals surface area contributed by atoms with E-state index in [1.807, 2.05) is 30.3 Å². The lowest BCUT2D eigenvalue weighted by molar-refractivity contribution is -0.132. The number of nitrogens with zero attached hydrogens (tertiary/aromatic N) is 3. The molecular weight excluding hydrogens is 515 g/mol. The minimum Gasteiger partial charge on any atom is -0.494 e. The van der Waals surface area contributed by atoms with Crippen LogP contribution >= 0.6 is 11.8 Å². The number of fused-ring (bicyclic) bond motifs is 1. The summed E-state index contributed by atoms with van der Waals surface area (Å²) in [6.45, 7) is 2.83. The van der Waals surface area contributed by atoms with Gasteiger partial charge in [0.15, 0.2) is 5.16 Å². The Labute approximate surface area is 232 Å². The molecule has 9 heteroatoms. The van der Waals surface area contributed by atoms with Crippen LogP contribution in [0.5, 0.6) is 5.75 Å². The largest absolute Gasteiger partial charge is 0.494 e. The average molecular weight is 551 g/mol. The standard InChI is InChI=1S/C30H35FN4O3S/c31-22-11-13-24(14-12-22)38-20-5-4-17-32-18-15-28(36)34-19-16-27-26(21-34)29(37)35(23-7-2-1-3-8-23)30(33-27)39-25-9-6-10-25/h1-3,7-8,11-14,25,32H,4-6,9-10,15-21H2. The quantitative estimate of drug-likeness (QED) is 0.259. The Morgan fingerprint density at radius 3 is 2.62 bits per heavy atom. The van der Waals surface area contributed by atoms with Gasteiger partial charge < -0.3 is 15.0 Å². The van der Waals surface area contributed by atoms with E-state index < -0.39 is 0 Å². The highest BCUT2D eigenvalue weighted by molar-refractivity contribution is 7.99. The van der Waals surface area contributed by atoms with E-state index in [0.717, 1.165) is 48.8 Å². The summed E-state index contributed by atoms with van der Waals surface area (Å²) in [4.78, 5) is 33.4. The van der Waals surface area contributed by atoms with Gasteiger partial charge in [-0.05, 0) is 68.6 Å². The summed E-state index contributed by atoms with van der Waals surface area (Å²) in [5.41, 5.74) is 2.21. The number of unbranched alkanes of at least 4 members (excludes halogenated alkanes) is 1. The maximum atomic E-state index is 13.7. The SMILES string of the molecule is O=C(CCNCCCCOc1ccc(F)cc1)N1CCc2nc(SC3CCC3)n(-c3ccccc3)c(=O)c2C1. The first-order valence-corrected chi connectivity index (χ1v) is 14.7. The number of rotatable bonds is 12. The third kappa shape index (κ3) is 7.08. The molecule has 1 saturated carbocycles. The maximum absolute atomic E-state index is 13.7. The van der Waals surface area contributed by atoms with Crippen LogP contribution in [0.1, 0.15) is 49.8 Å². The fraction of sp³-hybridized carbons (Fsp3) is 0.433. The summed E-state index contributed by atoms with van der Waals surface area (Å²) in [5, 5.41) is 4.61. The molecule has 0 bridgehead atoms. The van der Waals surface area contributed by atoms with Crippen molar-refractivity contribution in [1.29, 1.82) is 0 Å². The molecule has 7 nitrogen and oxygen atoms in total. The predicted molar refractivity (Wildman–Crippen MR) is 151 cm³/mol. The summed E-state index contributed by atoms with van der Waals surface area (Å²) >= 11 is 1.71. The molecule has 39 heavy (non-hydrogen) atoms. The summed E-state index contributed by atoms with van der Waals surface area (Å²) in [7, 11) is 0. The number of ether oxygens (including phenoxy) is 1. The van der Waals surface area contributed by atoms with Crippen LogP contribution in [0.25, 0.3) is 5.69 Å². The van der Waals surface area contributed by atoms with Crippen molar-refractivity contribution in [3.05, 3.63) is 82.0 Å². The highest BCUT2D eigenvalue weighted by atomic mass is 32.2. The van der Waals surface area contributed by atoms with Gasteiger partial charge in [0.25, 0.3) is 5.56 Å². The molecule has 2 aromatic carbocycles. The summed E-state index contributed by atoms with van der Waals surface area (Å²) in [6.07, 6.45) is 6.32. The lowest BCUT2D eigenvalue weighted by atomic mass is 10.0. The van der Waals surface area contributed by atoms with E-state index in [1.165, 1.54) is 18.6 Å². The van der Waals surface area contributed by atoms with Gasteiger partial charge in [-0.2, -0.15) is 0 Å². The van der Waals surface area contributed by atoms with Crippen molar-refractivity contribution in [2.24, 2.45) is 0 Å². The molecular formula is C30H35FN4O3S. The van der Waals surface area contributed by atoms with Crippen molar-refractivity contribution in [2.45, 2.75) is 61.9 Å². The number of carbonyl (C=O) groups excluding carboxylic acids is 1. The van der Waals surface area contributed by atoms with Crippen LogP contribution in [0.15, 0.2) is 64.5 Å². The third-order valence-electron chi connectivity index (χ3n) is 7.24. The van der Waals surface area contributed by atoms with Crippen molar-refractivity contribution in [1.82, 2.24) is 19.8 Å². The Kier molecular flexibility index (Phi) is 9.32. The fourth-order valence-electron chi connectivity index (χ4n) is 4.74. The van der Waals surface area contributed by atoms with Crippen LogP contribution in [0.3, 0.4) is 0 Å². The number of amides is 1. The second kappa shape index (κ2) is 13.3. The van der Waals surface area contributed by atoms with E-state index in [1.54, 1.807) is 33.4 Å². The Bertz CT molecular complexity index is 1310. The van der Waals surface area contributed by atoms with Gasteiger partial charge in [0.2, 0.25) is 5.91 Å². The van der Waals surface area contributed by atoms with Crippen molar-refractivity contribution in [3.8, 4) is 11.4 Å². The zero-order valence-electron chi connectivity index (χ0n) is 22.1. The number of aromatic nitrogens is 2. The molecule has 1 aliphatic heterocycles. The molecule has 2 heterocycles. The lowest BCUT2D eigenvalue weighted by Gasteiger charge is -2.30. The number of carbonyl (C=O) groups is 1. The zero-order chi connectivity index (χ0) is 27.0. The number of halogens is 1. The van der Waals surface area contributed by atoms with Crippen LogP contribution in [-0.4, -0.2) is 51.8 Å². The maximum Gasteiger partial charge on any atom is 0.264 e. The molecule has 1 aromatic heterocycles. The molecule has 0 atom stereocenters. The van der Waals surface area contributed by atoms with Crippen LogP contribution < -0.4 is 15.6 Å². The predicted octanol–water partition coefficient (Wildman–Crippen LogP) is 4.74. The van der Waals surface area contributed by atoms with Crippen LogP contribution in [-0.2, 0) is 17.8 Å². The molecule has 0 unspecified atom stereocenters. The van der Waals surface area contributed by atoms with Crippen molar-refractivity contribution >= 4 is 17.7 Å². The van der Waals surface area contributed by atoms with E-state index in [4.69, 9.17) is 9.72 Å². The Morgan fingerprint density at radius 2 is 1.87 bits per heavy atom. The first kappa shape index (κ1) is 27.4. The van der Waals surface area contributed by atoms with Gasteiger partial charge in [-0.3, -0.25) is 14.2 Å². The van der Waals surface area contributed by atoms with Crippen LogP contribution in [0, 0.1) is 5.82 Å². The highest BCUT2D eigenvalue weighted by Gasteiger charge is 2.28. The van der Waals surface area contributed by atoms with E-state index in [9.17, 15) is 14.0 Å². The molecule has 1 N–H and O–H groups in total. The normalized spacial score (nSPS) is 15.1. The van der Waals surface area contributed by atoms with Crippen molar-refractivity contribution in [3.63, 3.8) is 0 Å². The first-order chi connectivity index (χ1) is 19.1. The first-order valence-electron chi connectivity index (χ1n) is 13.8. The van der Waals surface area contributed by atoms with Crippen molar-refractivity contribution in [2.75, 3.05) is 26.2 Å². The average Bonchev–Trinajstić information content (AvgIpc) is 2.93. The molecule has 5 rings (SSSR count). The van der Waals surface area contributed by atoms with Gasteiger partial charge in [0.1, 0.15) is 11.6 Å². The second-order valence-electron chi connectivity index (χ2n) is 10.0. The molecule has 0 spiro atoms. The smallest absolute Gasteiger partial charge is 0.264 e. The van der Waals surface area contributed by atoms with Gasteiger partial charge in [-0.15, -0.1) is 0 Å². The number of nitrogens with one attached hydrogen (secondary N) is 1. The fourth-order valence-corrected chi connectivity index (χ4v) is 6.06. The number of thioether (sulfide) groups is 1. The van der Waals surface area contributed by atoms with Gasteiger partial charge in [-0.25, -0.2) is 9.37 Å². The molecule has 3 aromatic rings. The molecule has 0 radical (unpaired) electrons. The second-order valence-corrected chi connectivity index (χ2v) is 11.3. The molecule has 1 amide bonds. The van der Waals surface area contributed by atoms with Crippen LogP contribution in [0.4, 0.5) is 4.39 Å². The van der Waals surface area contributed by atoms with Crippen molar-refractivity contribution < 1.29 is 13.9 Å². The lowest BCUT2D eigenvalue weighted by Crippen LogP contribution is -2.42. The monoisotopic (exact) mass is 550 g/mol. The minimum absolute atomic E-state index is 0.0476. The highest BCUT2D eigenvalue weighted by Crippen LogP contribution is 2.36. The minimum atomic E-state index is -0.275. The van der Waals surface area contributed by atoms with Gasteiger partial charge in [0, 0.05) is 31.2 Å². The third-order valence-corrected chi connectivity index (χ3v) is 8.53. The van der Waals surface area contributed by atoms with Crippen LogP contribution in [0.2, 0.25) is 0 Å². The van der Waals surface area contributed by atoms with E-state index in [-0.39, 0.29) is 17.3 Å². The molecule has 206 valence electrons. The number of hydrogen-bond acceptors (Lipinski definition) is 6. The summed E-state index contributed by atoms with van der Waals surface area (Å²) < 4.78 is 20.3. The topological polar surface area (TPSA) is 76.5 Å². The molecule has 0 saturated heterocycles. The van der Waals surface area contributed by atoms with Gasteiger partial charge >= 0.3 is 0 Å². The molecule has 1 fully saturated rings. The zero-order valence-corrected chi connectivity index (χ0v) is 22.9. The van der Waals surface area contributed by atoms with E-state index in [2.05, 4.69) is 5.32 Å². The molecule has 1 aliphatic carbocycles. The number of para-hydroxylation sites is 1. The van der Waals surface area contributed by atoms with Gasteiger partial charge in [0.05, 0.1) is 30.1 Å². The Morgan fingerprint density at radius 1 is 1.08 bits per heavy atom. The van der Waals surface area contributed by atoms with E-state index >= 15 is 0 Å². The summed E-state index contributed by atoms with van der Waals surface area (Å²) in [6, 6.07) is 15.7. The number of hydrogen-bond donors (Lipinski definition) is 1. The van der Waals surface area contributed by atoms with E-state index in [0.29, 0.717) is 55.6 Å². The van der Waals surface area contributed by atoms with Gasteiger partial charge in [-0.1, -0.05) is 36.4 Å². The summed E-state index contributed by atoms with van der Waals surface area (Å²) in [5.74, 6) is 0.437. The molecule has 2 aliphatic rings.